The number of benzene rings is 2. The van der Waals surface area contributed by atoms with Crippen LogP contribution in [0.15, 0.2) is 58.5 Å². The summed E-state index contributed by atoms with van der Waals surface area (Å²) in [5.74, 6) is 1.57. The summed E-state index contributed by atoms with van der Waals surface area (Å²) in [7, 11) is 1.66. The Morgan fingerprint density at radius 3 is 2.76 bits per heavy atom. The molecule has 0 N–H and O–H groups in total. The SMILES string of the molecule is CC[C@H](C)n1c(SCc2cccc(OC)c2)nc2ccccc2c1=O. The van der Waals surface area contributed by atoms with E-state index in [4.69, 9.17) is 9.72 Å². The van der Waals surface area contributed by atoms with Crippen molar-refractivity contribution >= 4 is 22.7 Å². The monoisotopic (exact) mass is 354 g/mol. The predicted molar refractivity (Wildman–Crippen MR) is 104 cm³/mol. The van der Waals surface area contributed by atoms with Gasteiger partial charge in [-0.25, -0.2) is 4.98 Å². The number of aromatic nitrogens is 2. The van der Waals surface area contributed by atoms with Crippen molar-refractivity contribution in [3.8, 4) is 5.75 Å². The van der Waals surface area contributed by atoms with Crippen LogP contribution >= 0.6 is 11.8 Å². The Balaban J connectivity index is 2.00. The Kier molecular flexibility index (Phi) is 5.43. The van der Waals surface area contributed by atoms with Crippen LogP contribution in [-0.4, -0.2) is 16.7 Å². The summed E-state index contributed by atoms with van der Waals surface area (Å²) < 4.78 is 7.11. The molecule has 4 nitrogen and oxygen atoms in total. The Hall–Kier alpha value is -2.27. The van der Waals surface area contributed by atoms with E-state index in [-0.39, 0.29) is 11.6 Å². The molecule has 25 heavy (non-hydrogen) atoms. The highest BCUT2D eigenvalue weighted by Gasteiger charge is 2.15. The van der Waals surface area contributed by atoms with Gasteiger partial charge in [0.2, 0.25) is 0 Å². The van der Waals surface area contributed by atoms with Gasteiger partial charge in [0.25, 0.3) is 5.56 Å². The molecule has 0 radical (unpaired) electrons. The molecular weight excluding hydrogens is 332 g/mol. The molecule has 0 fully saturated rings. The molecule has 0 spiro atoms. The van der Waals surface area contributed by atoms with Gasteiger partial charge in [-0.1, -0.05) is 43.0 Å². The fourth-order valence-corrected chi connectivity index (χ4v) is 3.75. The Labute approximate surface area is 151 Å². The third kappa shape index (κ3) is 3.71. The van der Waals surface area contributed by atoms with Gasteiger partial charge in [-0.05, 0) is 43.2 Å². The van der Waals surface area contributed by atoms with Crippen molar-refractivity contribution < 1.29 is 4.74 Å². The number of methoxy groups -OCH3 is 1. The van der Waals surface area contributed by atoms with Crippen molar-refractivity contribution in [3.63, 3.8) is 0 Å². The Morgan fingerprint density at radius 2 is 2.00 bits per heavy atom. The third-order valence-corrected chi connectivity index (χ3v) is 5.33. The first-order valence-corrected chi connectivity index (χ1v) is 9.39. The molecule has 0 aliphatic heterocycles. The summed E-state index contributed by atoms with van der Waals surface area (Å²) in [5.41, 5.74) is 1.93. The van der Waals surface area contributed by atoms with Gasteiger partial charge in [-0.2, -0.15) is 0 Å². The highest BCUT2D eigenvalue weighted by atomic mass is 32.2. The van der Waals surface area contributed by atoms with Crippen LogP contribution in [-0.2, 0) is 5.75 Å². The van der Waals surface area contributed by atoms with Gasteiger partial charge < -0.3 is 4.74 Å². The van der Waals surface area contributed by atoms with Crippen LogP contribution in [0.5, 0.6) is 5.75 Å². The van der Waals surface area contributed by atoms with E-state index in [9.17, 15) is 4.79 Å². The smallest absolute Gasteiger partial charge is 0.262 e. The van der Waals surface area contributed by atoms with Crippen molar-refractivity contribution in [2.45, 2.75) is 37.2 Å². The first-order chi connectivity index (χ1) is 12.1. The second-order valence-corrected chi connectivity index (χ2v) is 6.93. The lowest BCUT2D eigenvalue weighted by molar-refractivity contribution is 0.414. The third-order valence-electron chi connectivity index (χ3n) is 4.31. The lowest BCUT2D eigenvalue weighted by atomic mass is 10.2. The first-order valence-electron chi connectivity index (χ1n) is 8.41. The van der Waals surface area contributed by atoms with Crippen molar-refractivity contribution in [1.29, 1.82) is 0 Å². The fourth-order valence-electron chi connectivity index (χ4n) is 2.71. The van der Waals surface area contributed by atoms with Crippen LogP contribution in [0.2, 0.25) is 0 Å². The van der Waals surface area contributed by atoms with Crippen molar-refractivity contribution in [1.82, 2.24) is 9.55 Å². The number of ether oxygens (including phenoxy) is 1. The van der Waals surface area contributed by atoms with E-state index in [2.05, 4.69) is 19.9 Å². The van der Waals surface area contributed by atoms with Gasteiger partial charge in [0.15, 0.2) is 5.16 Å². The molecular formula is C20H22N2O2S. The number of nitrogens with zero attached hydrogens (tertiary/aromatic N) is 2. The summed E-state index contributed by atoms with van der Waals surface area (Å²) in [6.45, 7) is 4.15. The van der Waals surface area contributed by atoms with E-state index in [0.717, 1.165) is 34.2 Å². The summed E-state index contributed by atoms with van der Waals surface area (Å²) >= 11 is 1.59. The van der Waals surface area contributed by atoms with E-state index in [1.165, 1.54) is 0 Å². The Morgan fingerprint density at radius 1 is 1.20 bits per heavy atom. The maximum atomic E-state index is 13.0. The van der Waals surface area contributed by atoms with Crippen LogP contribution < -0.4 is 10.3 Å². The van der Waals surface area contributed by atoms with Gasteiger partial charge in [0.1, 0.15) is 5.75 Å². The standard InChI is InChI=1S/C20H22N2O2S/c1-4-14(2)22-19(23)17-10-5-6-11-18(17)21-20(22)25-13-15-8-7-9-16(12-15)24-3/h5-12,14H,4,13H2,1-3H3/t14-/m0/s1. The predicted octanol–water partition coefficient (Wildman–Crippen LogP) is 4.67. The van der Waals surface area contributed by atoms with Gasteiger partial charge in [-0.15, -0.1) is 0 Å². The molecule has 0 bridgehead atoms. The van der Waals surface area contributed by atoms with Crippen LogP contribution in [0.3, 0.4) is 0 Å². The zero-order valence-electron chi connectivity index (χ0n) is 14.7. The topological polar surface area (TPSA) is 44.1 Å². The number of para-hydroxylation sites is 1. The van der Waals surface area contributed by atoms with Gasteiger partial charge in [0, 0.05) is 11.8 Å². The molecule has 0 amide bonds. The summed E-state index contributed by atoms with van der Waals surface area (Å²) in [4.78, 5) is 17.7. The molecule has 0 unspecified atom stereocenters. The quantitative estimate of drug-likeness (QED) is 0.477. The maximum absolute atomic E-state index is 13.0. The molecule has 0 aliphatic rings. The number of hydrogen-bond acceptors (Lipinski definition) is 4. The summed E-state index contributed by atoms with van der Waals surface area (Å²) in [5, 5.41) is 1.44. The van der Waals surface area contributed by atoms with E-state index < -0.39 is 0 Å². The molecule has 5 heteroatoms. The summed E-state index contributed by atoms with van der Waals surface area (Å²) in [6, 6.07) is 15.6. The number of fused-ring (bicyclic) bond motifs is 1. The molecule has 3 rings (SSSR count). The van der Waals surface area contributed by atoms with Crippen LogP contribution in [0.1, 0.15) is 31.9 Å². The normalized spacial score (nSPS) is 12.3. The zero-order valence-corrected chi connectivity index (χ0v) is 15.5. The minimum atomic E-state index is 0.0353. The van der Waals surface area contributed by atoms with E-state index in [0.29, 0.717) is 5.39 Å². The molecule has 1 atom stereocenters. The number of rotatable bonds is 6. The van der Waals surface area contributed by atoms with Crippen molar-refractivity contribution in [2.75, 3.05) is 7.11 Å². The molecule has 3 aromatic rings. The van der Waals surface area contributed by atoms with Crippen LogP contribution in [0.4, 0.5) is 0 Å². The lowest BCUT2D eigenvalue weighted by Crippen LogP contribution is -2.26. The Bertz CT molecular complexity index is 936. The van der Waals surface area contributed by atoms with Gasteiger partial charge in [-0.3, -0.25) is 9.36 Å². The fraction of sp³-hybridized carbons (Fsp3) is 0.300. The van der Waals surface area contributed by atoms with Gasteiger partial charge >= 0.3 is 0 Å². The second kappa shape index (κ2) is 7.74. The number of hydrogen-bond donors (Lipinski definition) is 0. The lowest BCUT2D eigenvalue weighted by Gasteiger charge is -2.18. The van der Waals surface area contributed by atoms with Crippen molar-refractivity contribution in [2.24, 2.45) is 0 Å². The molecule has 0 saturated heterocycles. The average Bonchev–Trinajstić information content (AvgIpc) is 2.66. The molecule has 0 aliphatic carbocycles. The summed E-state index contributed by atoms with van der Waals surface area (Å²) in [6.07, 6.45) is 0.882. The molecule has 2 aromatic carbocycles. The van der Waals surface area contributed by atoms with E-state index in [1.807, 2.05) is 47.0 Å². The first kappa shape index (κ1) is 17.5. The highest BCUT2D eigenvalue weighted by Crippen LogP contribution is 2.26. The number of thioether (sulfide) groups is 1. The highest BCUT2D eigenvalue weighted by molar-refractivity contribution is 7.98. The molecule has 1 heterocycles. The van der Waals surface area contributed by atoms with Crippen molar-refractivity contribution in [3.05, 3.63) is 64.4 Å². The minimum Gasteiger partial charge on any atom is -0.497 e. The molecule has 1 aromatic heterocycles. The molecule has 0 saturated carbocycles. The van der Waals surface area contributed by atoms with E-state index in [1.54, 1.807) is 18.9 Å². The average molecular weight is 354 g/mol. The molecule has 130 valence electrons. The zero-order chi connectivity index (χ0) is 17.8. The van der Waals surface area contributed by atoms with Crippen LogP contribution in [0.25, 0.3) is 10.9 Å². The minimum absolute atomic E-state index is 0.0353. The maximum Gasteiger partial charge on any atom is 0.262 e. The largest absolute Gasteiger partial charge is 0.497 e. The van der Waals surface area contributed by atoms with E-state index >= 15 is 0 Å². The second-order valence-electron chi connectivity index (χ2n) is 5.98. The van der Waals surface area contributed by atoms with Crippen LogP contribution in [0, 0.1) is 0 Å². The van der Waals surface area contributed by atoms with Gasteiger partial charge in [0.05, 0.1) is 18.0 Å².